The second-order valence-electron chi connectivity index (χ2n) is 3.64. The van der Waals surface area contributed by atoms with Gasteiger partial charge in [-0.05, 0) is 6.42 Å². The third-order valence-corrected chi connectivity index (χ3v) is 2.34. The van der Waals surface area contributed by atoms with Gasteiger partial charge >= 0.3 is 0 Å². The monoisotopic (exact) mass is 221 g/mol. The average molecular weight is 221 g/mol. The van der Waals surface area contributed by atoms with Crippen LogP contribution in [0, 0.1) is 0 Å². The van der Waals surface area contributed by atoms with Crippen molar-refractivity contribution in [3.63, 3.8) is 0 Å². The van der Waals surface area contributed by atoms with Gasteiger partial charge in [0, 0.05) is 12.4 Å². The molecule has 0 saturated heterocycles. The Balaban J connectivity index is 2.07. The van der Waals surface area contributed by atoms with Gasteiger partial charge < -0.3 is 15.2 Å². The van der Waals surface area contributed by atoms with E-state index in [1.807, 2.05) is 0 Å². The number of nitrogens with zero attached hydrogens (tertiary/aromatic N) is 3. The van der Waals surface area contributed by atoms with Crippen molar-refractivity contribution >= 4 is 0 Å². The third kappa shape index (κ3) is 2.27. The number of nitrogens with one attached hydrogen (secondary N) is 1. The Morgan fingerprint density at radius 1 is 1.56 bits per heavy atom. The predicted octanol–water partition coefficient (Wildman–Crippen LogP) is 1.65. The van der Waals surface area contributed by atoms with Crippen molar-refractivity contribution in [3.05, 3.63) is 18.3 Å². The summed E-state index contributed by atoms with van der Waals surface area (Å²) in [5.74, 6) is 1.52. The SMILES string of the molecule is CCCC[C@H](N)c1nc(-c2ncc[nH]2)no1. The van der Waals surface area contributed by atoms with Gasteiger partial charge in [-0.2, -0.15) is 4.98 Å². The van der Waals surface area contributed by atoms with Crippen LogP contribution in [0.25, 0.3) is 11.6 Å². The fourth-order valence-electron chi connectivity index (χ4n) is 1.42. The van der Waals surface area contributed by atoms with Crippen molar-refractivity contribution < 1.29 is 4.52 Å². The van der Waals surface area contributed by atoms with Crippen LogP contribution in [0.15, 0.2) is 16.9 Å². The number of hydrogen-bond acceptors (Lipinski definition) is 5. The van der Waals surface area contributed by atoms with Crippen LogP contribution < -0.4 is 5.73 Å². The molecule has 2 aromatic heterocycles. The normalized spacial score (nSPS) is 12.9. The van der Waals surface area contributed by atoms with Gasteiger partial charge in [-0.15, -0.1) is 0 Å². The fraction of sp³-hybridized carbons (Fsp3) is 0.500. The number of aromatic nitrogens is 4. The molecule has 0 spiro atoms. The molecular weight excluding hydrogens is 206 g/mol. The molecule has 0 bridgehead atoms. The summed E-state index contributed by atoms with van der Waals surface area (Å²) >= 11 is 0. The minimum atomic E-state index is -0.184. The van der Waals surface area contributed by atoms with Crippen molar-refractivity contribution in [2.45, 2.75) is 32.2 Å². The summed E-state index contributed by atoms with van der Waals surface area (Å²) in [5, 5.41) is 3.83. The van der Waals surface area contributed by atoms with E-state index in [0.717, 1.165) is 19.3 Å². The number of nitrogens with two attached hydrogens (primary N) is 1. The van der Waals surface area contributed by atoms with E-state index in [1.54, 1.807) is 12.4 Å². The van der Waals surface area contributed by atoms with Crippen molar-refractivity contribution in [1.82, 2.24) is 20.1 Å². The van der Waals surface area contributed by atoms with Crippen LogP contribution in [0.5, 0.6) is 0 Å². The molecule has 0 radical (unpaired) electrons. The van der Waals surface area contributed by atoms with Gasteiger partial charge in [-0.3, -0.25) is 0 Å². The van der Waals surface area contributed by atoms with Crippen LogP contribution in [0.3, 0.4) is 0 Å². The van der Waals surface area contributed by atoms with E-state index in [0.29, 0.717) is 17.5 Å². The maximum absolute atomic E-state index is 5.92. The van der Waals surface area contributed by atoms with Gasteiger partial charge in [0.2, 0.25) is 11.7 Å². The Hall–Kier alpha value is -1.69. The minimum Gasteiger partial charge on any atom is -0.342 e. The van der Waals surface area contributed by atoms with Crippen LogP contribution >= 0.6 is 0 Å². The van der Waals surface area contributed by atoms with E-state index in [1.165, 1.54) is 0 Å². The van der Waals surface area contributed by atoms with E-state index in [2.05, 4.69) is 27.0 Å². The number of aromatic amines is 1. The lowest BCUT2D eigenvalue weighted by molar-refractivity contribution is 0.346. The number of imidazole rings is 1. The van der Waals surface area contributed by atoms with Crippen molar-refractivity contribution in [3.8, 4) is 11.6 Å². The number of H-pyrrole nitrogens is 1. The van der Waals surface area contributed by atoms with E-state index in [4.69, 9.17) is 10.3 Å². The molecule has 16 heavy (non-hydrogen) atoms. The summed E-state index contributed by atoms with van der Waals surface area (Å²) < 4.78 is 5.10. The van der Waals surface area contributed by atoms with Crippen LogP contribution in [-0.4, -0.2) is 20.1 Å². The molecule has 6 heteroatoms. The lowest BCUT2D eigenvalue weighted by Crippen LogP contribution is -2.10. The van der Waals surface area contributed by atoms with Gasteiger partial charge in [0.15, 0.2) is 5.82 Å². The third-order valence-electron chi connectivity index (χ3n) is 2.34. The summed E-state index contributed by atoms with van der Waals surface area (Å²) in [6.07, 6.45) is 6.37. The molecule has 0 amide bonds. The Morgan fingerprint density at radius 3 is 3.12 bits per heavy atom. The van der Waals surface area contributed by atoms with Crippen LogP contribution in [-0.2, 0) is 0 Å². The van der Waals surface area contributed by atoms with Gasteiger partial charge in [0.05, 0.1) is 6.04 Å². The second kappa shape index (κ2) is 4.89. The molecule has 0 saturated carbocycles. The fourth-order valence-corrected chi connectivity index (χ4v) is 1.42. The summed E-state index contributed by atoms with van der Waals surface area (Å²) in [6.45, 7) is 2.12. The molecule has 2 aromatic rings. The highest BCUT2D eigenvalue weighted by Gasteiger charge is 2.15. The highest BCUT2D eigenvalue weighted by Crippen LogP contribution is 2.17. The van der Waals surface area contributed by atoms with Gasteiger partial charge in [0.25, 0.3) is 0 Å². The molecule has 0 fully saturated rings. The second-order valence-corrected chi connectivity index (χ2v) is 3.64. The van der Waals surface area contributed by atoms with E-state index in [-0.39, 0.29) is 6.04 Å². The Labute approximate surface area is 93.3 Å². The van der Waals surface area contributed by atoms with Crippen LogP contribution in [0.2, 0.25) is 0 Å². The lowest BCUT2D eigenvalue weighted by Gasteiger charge is -2.03. The Kier molecular flexibility index (Phi) is 3.31. The molecule has 6 nitrogen and oxygen atoms in total. The first-order chi connectivity index (χ1) is 7.81. The van der Waals surface area contributed by atoms with Crippen molar-refractivity contribution in [1.29, 1.82) is 0 Å². The molecule has 2 rings (SSSR count). The van der Waals surface area contributed by atoms with Crippen LogP contribution in [0.1, 0.15) is 38.1 Å². The predicted molar refractivity (Wildman–Crippen MR) is 58.3 cm³/mol. The van der Waals surface area contributed by atoms with Gasteiger partial charge in [0.1, 0.15) is 0 Å². The topological polar surface area (TPSA) is 93.6 Å². The van der Waals surface area contributed by atoms with Crippen LogP contribution in [0.4, 0.5) is 0 Å². The molecular formula is C10H15N5O. The maximum Gasteiger partial charge on any atom is 0.243 e. The van der Waals surface area contributed by atoms with Gasteiger partial charge in [-0.25, -0.2) is 4.98 Å². The number of rotatable bonds is 5. The average Bonchev–Trinajstić information content (AvgIpc) is 2.94. The molecule has 2 heterocycles. The zero-order chi connectivity index (χ0) is 11.4. The van der Waals surface area contributed by atoms with E-state index in [9.17, 15) is 0 Å². The van der Waals surface area contributed by atoms with E-state index < -0.39 is 0 Å². The molecule has 0 aromatic carbocycles. The van der Waals surface area contributed by atoms with E-state index >= 15 is 0 Å². The zero-order valence-corrected chi connectivity index (χ0v) is 9.18. The molecule has 0 unspecified atom stereocenters. The molecule has 3 N–H and O–H groups in total. The quantitative estimate of drug-likeness (QED) is 0.800. The molecule has 1 atom stereocenters. The minimum absolute atomic E-state index is 0.184. The van der Waals surface area contributed by atoms with Crippen molar-refractivity contribution in [2.75, 3.05) is 0 Å². The Morgan fingerprint density at radius 2 is 2.44 bits per heavy atom. The standard InChI is InChI=1S/C10H15N5O/c1-2-3-4-7(11)10-14-9(15-16-10)8-12-5-6-13-8/h5-7H,2-4,11H2,1H3,(H,12,13)/t7-/m0/s1. The first-order valence-corrected chi connectivity index (χ1v) is 5.40. The Bertz CT molecular complexity index is 422. The lowest BCUT2D eigenvalue weighted by atomic mass is 10.1. The first-order valence-electron chi connectivity index (χ1n) is 5.40. The molecule has 0 aliphatic rings. The number of unbranched alkanes of at least 4 members (excludes halogenated alkanes) is 1. The highest BCUT2D eigenvalue weighted by molar-refractivity contribution is 5.40. The first kappa shape index (κ1) is 10.8. The molecule has 86 valence electrons. The highest BCUT2D eigenvalue weighted by atomic mass is 16.5. The summed E-state index contributed by atoms with van der Waals surface area (Å²) in [7, 11) is 0. The van der Waals surface area contributed by atoms with Gasteiger partial charge in [-0.1, -0.05) is 24.9 Å². The molecule has 0 aliphatic carbocycles. The summed E-state index contributed by atoms with van der Waals surface area (Å²) in [5.41, 5.74) is 5.92. The zero-order valence-electron chi connectivity index (χ0n) is 9.18. The largest absolute Gasteiger partial charge is 0.342 e. The smallest absolute Gasteiger partial charge is 0.243 e. The molecule has 0 aliphatic heterocycles. The maximum atomic E-state index is 5.92. The number of hydrogen-bond donors (Lipinski definition) is 2. The van der Waals surface area contributed by atoms with Crippen molar-refractivity contribution in [2.24, 2.45) is 5.73 Å². The summed E-state index contributed by atoms with van der Waals surface area (Å²) in [4.78, 5) is 11.2. The summed E-state index contributed by atoms with van der Waals surface area (Å²) in [6, 6.07) is -0.184.